The molecule has 0 heterocycles. The Hall–Kier alpha value is -1.75. The molecule has 0 unspecified atom stereocenters. The zero-order chi connectivity index (χ0) is 8.65. The third-order valence-electron chi connectivity index (χ3n) is 1.21. The van der Waals surface area contributed by atoms with E-state index >= 15 is 0 Å². The molecule has 12 heavy (non-hydrogen) atoms. The molecule has 2 nitrogen and oxygen atoms in total. The fourth-order valence-corrected chi connectivity index (χ4v) is 0.716. The Morgan fingerprint density at radius 3 is 2.75 bits per heavy atom. The molecule has 0 bridgehead atoms. The van der Waals surface area contributed by atoms with Gasteiger partial charge in [-0.05, 0) is 18.1 Å². The van der Waals surface area contributed by atoms with Crippen LogP contribution in [-0.2, 0) is 4.84 Å². The van der Waals surface area contributed by atoms with Crippen LogP contribution in [0.4, 0.5) is 0 Å². The average Bonchev–Trinajstić information content (AvgIpc) is 2.14. The first-order valence-electron chi connectivity index (χ1n) is 3.55. The van der Waals surface area contributed by atoms with Crippen molar-refractivity contribution in [1.82, 2.24) is 0 Å². The molecule has 0 spiro atoms. The molecule has 0 aliphatic heterocycles. The summed E-state index contributed by atoms with van der Waals surface area (Å²) < 4.78 is 0. The summed E-state index contributed by atoms with van der Waals surface area (Å²) in [7, 11) is 1.49. The van der Waals surface area contributed by atoms with Crippen LogP contribution in [0.1, 0.15) is 5.56 Å². The van der Waals surface area contributed by atoms with E-state index in [1.165, 1.54) is 13.3 Å². The van der Waals surface area contributed by atoms with Crippen LogP contribution in [0.2, 0.25) is 0 Å². The van der Waals surface area contributed by atoms with Gasteiger partial charge >= 0.3 is 0 Å². The Bertz CT molecular complexity index is 306. The number of nitrogens with zero attached hydrogens (tertiary/aromatic N) is 1. The normalized spacial score (nSPS) is 9.08. The highest BCUT2D eigenvalue weighted by Gasteiger charge is 1.78. The van der Waals surface area contributed by atoms with Crippen LogP contribution in [0, 0.1) is 11.8 Å². The van der Waals surface area contributed by atoms with Gasteiger partial charge in [-0.3, -0.25) is 0 Å². The van der Waals surface area contributed by atoms with Crippen molar-refractivity contribution in [1.29, 1.82) is 0 Å². The van der Waals surface area contributed by atoms with E-state index in [9.17, 15) is 0 Å². The second kappa shape index (κ2) is 4.97. The fourth-order valence-electron chi connectivity index (χ4n) is 0.716. The summed E-state index contributed by atoms with van der Waals surface area (Å²) >= 11 is 0. The summed E-state index contributed by atoms with van der Waals surface area (Å²) in [5.74, 6) is 5.64. The monoisotopic (exact) mass is 159 g/mol. The molecular formula is C10H9NO. The Labute approximate surface area is 71.9 Å². The van der Waals surface area contributed by atoms with Gasteiger partial charge in [-0.2, -0.15) is 0 Å². The summed E-state index contributed by atoms with van der Waals surface area (Å²) in [4.78, 5) is 4.45. The molecule has 0 fully saturated rings. The summed E-state index contributed by atoms with van der Waals surface area (Å²) in [6.07, 6.45) is 1.42. The molecule has 60 valence electrons. The number of benzene rings is 1. The van der Waals surface area contributed by atoms with E-state index in [1.54, 1.807) is 0 Å². The second-order valence-electron chi connectivity index (χ2n) is 2.05. The molecule has 1 aromatic rings. The van der Waals surface area contributed by atoms with Gasteiger partial charge < -0.3 is 4.84 Å². The van der Waals surface area contributed by atoms with Gasteiger partial charge in [0.1, 0.15) is 13.3 Å². The first-order chi connectivity index (χ1) is 5.93. The standard InChI is InChI=1S/C10H9NO/c1-12-11-9-5-8-10-6-3-2-4-7-10/h2-4,6-7,9H,1H3/b11-9+. The molecule has 0 aliphatic carbocycles. The van der Waals surface area contributed by atoms with Gasteiger partial charge in [0.15, 0.2) is 0 Å². The highest BCUT2D eigenvalue weighted by Crippen LogP contribution is 1.93. The van der Waals surface area contributed by atoms with E-state index in [4.69, 9.17) is 0 Å². The topological polar surface area (TPSA) is 21.6 Å². The van der Waals surface area contributed by atoms with E-state index in [1.807, 2.05) is 30.3 Å². The molecule has 0 saturated carbocycles. The van der Waals surface area contributed by atoms with Crippen molar-refractivity contribution in [3.8, 4) is 11.8 Å². The minimum atomic E-state index is 0.972. The minimum absolute atomic E-state index is 0.972. The fraction of sp³-hybridized carbons (Fsp3) is 0.100. The highest BCUT2D eigenvalue weighted by molar-refractivity contribution is 5.78. The van der Waals surface area contributed by atoms with E-state index < -0.39 is 0 Å². The molecule has 0 aliphatic rings. The van der Waals surface area contributed by atoms with Gasteiger partial charge in [-0.1, -0.05) is 29.3 Å². The molecule has 0 saturated heterocycles. The molecular weight excluding hydrogens is 150 g/mol. The quantitative estimate of drug-likeness (QED) is 0.347. The lowest BCUT2D eigenvalue weighted by molar-refractivity contribution is 0.216. The number of rotatable bonds is 1. The Balaban J connectivity index is 2.61. The first-order valence-corrected chi connectivity index (χ1v) is 3.55. The third-order valence-corrected chi connectivity index (χ3v) is 1.21. The van der Waals surface area contributed by atoms with Crippen LogP contribution in [0.3, 0.4) is 0 Å². The third kappa shape index (κ3) is 2.89. The van der Waals surface area contributed by atoms with Crippen LogP contribution in [0.5, 0.6) is 0 Å². The van der Waals surface area contributed by atoms with E-state index in [2.05, 4.69) is 21.8 Å². The predicted octanol–water partition coefficient (Wildman–Crippen LogP) is 1.67. The Morgan fingerprint density at radius 1 is 1.33 bits per heavy atom. The van der Waals surface area contributed by atoms with Crippen molar-refractivity contribution >= 4 is 6.21 Å². The predicted molar refractivity (Wildman–Crippen MR) is 48.8 cm³/mol. The van der Waals surface area contributed by atoms with E-state index in [0.29, 0.717) is 0 Å². The van der Waals surface area contributed by atoms with Crippen molar-refractivity contribution in [3.63, 3.8) is 0 Å². The van der Waals surface area contributed by atoms with Crippen molar-refractivity contribution in [2.24, 2.45) is 5.16 Å². The van der Waals surface area contributed by atoms with Crippen molar-refractivity contribution < 1.29 is 4.84 Å². The van der Waals surface area contributed by atoms with E-state index in [0.717, 1.165) is 5.56 Å². The number of hydrogen-bond donors (Lipinski definition) is 0. The van der Waals surface area contributed by atoms with Gasteiger partial charge in [0.05, 0.1) is 0 Å². The second-order valence-corrected chi connectivity index (χ2v) is 2.05. The van der Waals surface area contributed by atoms with E-state index in [-0.39, 0.29) is 0 Å². The molecule has 1 aromatic carbocycles. The lowest BCUT2D eigenvalue weighted by Gasteiger charge is -1.84. The summed E-state index contributed by atoms with van der Waals surface area (Å²) in [5.41, 5.74) is 0.972. The number of oxime groups is 1. The number of hydrogen-bond acceptors (Lipinski definition) is 2. The molecule has 0 amide bonds. The molecule has 1 rings (SSSR count). The summed E-state index contributed by atoms with van der Waals surface area (Å²) in [5, 5.41) is 3.49. The maximum Gasteiger partial charge on any atom is 0.116 e. The molecule has 0 atom stereocenters. The average molecular weight is 159 g/mol. The SMILES string of the molecule is CO/N=C/C#Cc1ccccc1. The lowest BCUT2D eigenvalue weighted by atomic mass is 10.2. The molecule has 2 heteroatoms. The van der Waals surface area contributed by atoms with Crippen molar-refractivity contribution in [3.05, 3.63) is 35.9 Å². The van der Waals surface area contributed by atoms with Gasteiger partial charge in [-0.25, -0.2) is 0 Å². The maximum atomic E-state index is 4.45. The Kier molecular flexibility index (Phi) is 3.46. The van der Waals surface area contributed by atoms with Crippen LogP contribution >= 0.6 is 0 Å². The van der Waals surface area contributed by atoms with Crippen LogP contribution in [0.25, 0.3) is 0 Å². The Morgan fingerprint density at radius 2 is 2.08 bits per heavy atom. The van der Waals surface area contributed by atoms with Crippen molar-refractivity contribution in [2.45, 2.75) is 0 Å². The zero-order valence-electron chi connectivity index (χ0n) is 6.82. The van der Waals surface area contributed by atoms with Crippen LogP contribution < -0.4 is 0 Å². The molecule has 0 aromatic heterocycles. The van der Waals surface area contributed by atoms with Crippen LogP contribution in [-0.4, -0.2) is 13.3 Å². The summed E-state index contributed by atoms with van der Waals surface area (Å²) in [6, 6.07) is 9.71. The minimum Gasteiger partial charge on any atom is -0.399 e. The largest absolute Gasteiger partial charge is 0.399 e. The van der Waals surface area contributed by atoms with Gasteiger partial charge in [0.25, 0.3) is 0 Å². The summed E-state index contributed by atoms with van der Waals surface area (Å²) in [6.45, 7) is 0. The van der Waals surface area contributed by atoms with Gasteiger partial charge in [0.2, 0.25) is 0 Å². The maximum absolute atomic E-state index is 4.45. The van der Waals surface area contributed by atoms with Crippen molar-refractivity contribution in [2.75, 3.05) is 7.11 Å². The molecule has 0 radical (unpaired) electrons. The molecule has 0 N–H and O–H groups in total. The smallest absolute Gasteiger partial charge is 0.116 e. The zero-order valence-corrected chi connectivity index (χ0v) is 6.82. The first kappa shape index (κ1) is 8.35. The van der Waals surface area contributed by atoms with Gasteiger partial charge in [0, 0.05) is 5.56 Å². The lowest BCUT2D eigenvalue weighted by Crippen LogP contribution is -1.72. The van der Waals surface area contributed by atoms with Gasteiger partial charge in [-0.15, -0.1) is 0 Å². The van der Waals surface area contributed by atoms with Crippen LogP contribution in [0.15, 0.2) is 35.5 Å². The highest BCUT2D eigenvalue weighted by atomic mass is 16.6.